The van der Waals surface area contributed by atoms with Gasteiger partial charge in [0.2, 0.25) is 5.84 Å². The van der Waals surface area contributed by atoms with E-state index in [2.05, 4.69) is 17.0 Å². The maximum absolute atomic E-state index is 13.4. The van der Waals surface area contributed by atoms with Crippen LogP contribution >= 0.6 is 23.4 Å². The van der Waals surface area contributed by atoms with E-state index in [9.17, 15) is 4.79 Å². The summed E-state index contributed by atoms with van der Waals surface area (Å²) in [5.41, 5.74) is 3.72. The highest BCUT2D eigenvalue weighted by Crippen LogP contribution is 2.52. The summed E-state index contributed by atoms with van der Waals surface area (Å²) in [5.74, 6) is -0.286. The zero-order valence-corrected chi connectivity index (χ0v) is 22.2. The molecule has 0 amide bonds. The summed E-state index contributed by atoms with van der Waals surface area (Å²) in [6.07, 6.45) is 4.00. The molecule has 0 bridgehead atoms. The second kappa shape index (κ2) is 9.56. The van der Waals surface area contributed by atoms with E-state index in [4.69, 9.17) is 21.4 Å². The number of fused-ring (bicyclic) bond motifs is 3. The fraction of sp³-hybridized carbons (Fsp3) is 0.214. The van der Waals surface area contributed by atoms with E-state index in [0.717, 1.165) is 33.1 Å². The number of hydrogen-bond donors (Lipinski definition) is 0. The number of ether oxygens (including phenoxy) is 1. The number of rotatable bonds is 5. The quantitative estimate of drug-likeness (QED) is 0.377. The molecule has 36 heavy (non-hydrogen) atoms. The van der Waals surface area contributed by atoms with Crippen molar-refractivity contribution in [1.29, 1.82) is 0 Å². The molecule has 2 heterocycles. The van der Waals surface area contributed by atoms with E-state index in [1.54, 1.807) is 18.7 Å². The fourth-order valence-corrected chi connectivity index (χ4v) is 5.56. The molecule has 0 saturated carbocycles. The number of benzene rings is 3. The van der Waals surface area contributed by atoms with Gasteiger partial charge in [-0.1, -0.05) is 59.6 Å². The Morgan fingerprint density at radius 3 is 2.47 bits per heavy atom. The summed E-state index contributed by atoms with van der Waals surface area (Å²) < 4.78 is 5.49. The van der Waals surface area contributed by atoms with Gasteiger partial charge < -0.3 is 9.64 Å². The van der Waals surface area contributed by atoms with Gasteiger partial charge in [0.15, 0.2) is 5.66 Å². The standard InChI is InChI=1S/C28H27ClN4O2S/c1-5-35-27(34)26-30-33(22-14-11-19(2)12-15-22)28(20-9-7-6-8-10-20)23-17-21(29)13-16-24(23)31(3)25(36-4)18-32(26)28/h6-18H,5H2,1-4H3/t28-/m1/s1. The molecule has 0 saturated heterocycles. The van der Waals surface area contributed by atoms with Crippen LogP contribution in [0.15, 0.2) is 89.1 Å². The highest BCUT2D eigenvalue weighted by molar-refractivity contribution is 8.02. The number of aryl methyl sites for hydroxylation is 1. The Hall–Kier alpha value is -3.42. The largest absolute Gasteiger partial charge is 0.460 e. The lowest BCUT2D eigenvalue weighted by Crippen LogP contribution is -2.52. The Balaban J connectivity index is 1.92. The molecule has 0 unspecified atom stereocenters. The van der Waals surface area contributed by atoms with E-state index in [1.165, 1.54) is 0 Å². The van der Waals surface area contributed by atoms with Crippen LogP contribution in [0.25, 0.3) is 0 Å². The van der Waals surface area contributed by atoms with Gasteiger partial charge in [0.05, 0.1) is 17.3 Å². The minimum absolute atomic E-state index is 0.203. The van der Waals surface area contributed by atoms with Crippen LogP contribution in [0.4, 0.5) is 11.4 Å². The van der Waals surface area contributed by atoms with Crippen molar-refractivity contribution < 1.29 is 9.53 Å². The lowest BCUT2D eigenvalue weighted by Gasteiger charge is -2.43. The Bertz CT molecular complexity index is 1360. The van der Waals surface area contributed by atoms with E-state index in [1.807, 2.05) is 97.0 Å². The summed E-state index contributed by atoms with van der Waals surface area (Å²) in [6.45, 7) is 4.09. The molecule has 5 rings (SSSR count). The Morgan fingerprint density at radius 2 is 1.81 bits per heavy atom. The molecule has 2 aliphatic rings. The van der Waals surface area contributed by atoms with Gasteiger partial charge in [-0.05, 0) is 50.4 Å². The van der Waals surface area contributed by atoms with Crippen molar-refractivity contribution in [2.45, 2.75) is 19.5 Å². The highest BCUT2D eigenvalue weighted by atomic mass is 35.5. The number of anilines is 2. The number of carbonyl (C=O) groups is 1. The first-order valence-electron chi connectivity index (χ1n) is 11.7. The minimum atomic E-state index is -1.04. The van der Waals surface area contributed by atoms with Crippen LogP contribution in [0.3, 0.4) is 0 Å². The predicted molar refractivity (Wildman–Crippen MR) is 148 cm³/mol. The predicted octanol–water partition coefficient (Wildman–Crippen LogP) is 6.16. The fourth-order valence-electron chi connectivity index (χ4n) is 4.81. The van der Waals surface area contributed by atoms with Gasteiger partial charge in [0.1, 0.15) is 0 Å². The molecule has 1 atom stereocenters. The normalized spacial score (nSPS) is 18.8. The number of nitrogens with zero attached hydrogens (tertiary/aromatic N) is 4. The summed E-state index contributed by atoms with van der Waals surface area (Å²) >= 11 is 8.23. The monoisotopic (exact) mass is 518 g/mol. The van der Waals surface area contributed by atoms with Gasteiger partial charge in [-0.3, -0.25) is 4.90 Å². The van der Waals surface area contributed by atoms with Crippen molar-refractivity contribution in [1.82, 2.24) is 4.90 Å². The second-order valence-electron chi connectivity index (χ2n) is 8.59. The summed E-state index contributed by atoms with van der Waals surface area (Å²) in [7, 11) is 2.02. The molecule has 184 valence electrons. The highest BCUT2D eigenvalue weighted by Gasteiger charge is 2.56. The zero-order chi connectivity index (χ0) is 25.4. The number of carbonyl (C=O) groups excluding carboxylic acids is 1. The van der Waals surface area contributed by atoms with Crippen molar-refractivity contribution in [3.05, 3.63) is 106 Å². The van der Waals surface area contributed by atoms with Crippen LogP contribution < -0.4 is 9.91 Å². The average Bonchev–Trinajstić information content (AvgIpc) is 3.18. The molecule has 2 aliphatic heterocycles. The van der Waals surface area contributed by atoms with Gasteiger partial charge in [-0.25, -0.2) is 9.80 Å². The Labute approximate surface area is 220 Å². The smallest absolute Gasteiger partial charge is 0.376 e. The van der Waals surface area contributed by atoms with E-state index in [0.29, 0.717) is 5.02 Å². The number of amidine groups is 1. The number of hydrogen-bond acceptors (Lipinski definition) is 7. The van der Waals surface area contributed by atoms with Gasteiger partial charge in [-0.15, -0.1) is 16.9 Å². The lowest BCUT2D eigenvalue weighted by molar-refractivity contribution is -0.135. The first-order chi connectivity index (χ1) is 17.4. The Morgan fingerprint density at radius 1 is 1.08 bits per heavy atom. The molecule has 8 heteroatoms. The number of hydrazone groups is 1. The molecule has 0 spiro atoms. The third-order valence-electron chi connectivity index (χ3n) is 6.47. The molecule has 0 aliphatic carbocycles. The van der Waals surface area contributed by atoms with Crippen LogP contribution in [0.2, 0.25) is 5.02 Å². The van der Waals surface area contributed by atoms with Gasteiger partial charge in [-0.2, -0.15) is 0 Å². The van der Waals surface area contributed by atoms with Gasteiger partial charge in [0.25, 0.3) is 0 Å². The first kappa shape index (κ1) is 24.3. The summed E-state index contributed by atoms with van der Waals surface area (Å²) in [4.78, 5) is 17.4. The molecule has 0 aromatic heterocycles. The molecule has 0 N–H and O–H groups in total. The topological polar surface area (TPSA) is 48.4 Å². The van der Waals surface area contributed by atoms with E-state index in [-0.39, 0.29) is 12.4 Å². The summed E-state index contributed by atoms with van der Waals surface area (Å²) in [6, 6.07) is 24.1. The number of thioether (sulfide) groups is 1. The minimum Gasteiger partial charge on any atom is -0.460 e. The molecular formula is C28H27ClN4O2S. The van der Waals surface area contributed by atoms with Crippen LogP contribution in [-0.2, 0) is 15.2 Å². The molecule has 3 aromatic rings. The summed E-state index contributed by atoms with van der Waals surface area (Å²) in [5, 5.41) is 8.40. The molecular weight excluding hydrogens is 492 g/mol. The second-order valence-corrected chi connectivity index (χ2v) is 9.85. The van der Waals surface area contributed by atoms with E-state index < -0.39 is 11.6 Å². The SMILES string of the molecule is CCOC(=O)C1=NN(c2ccc(C)cc2)[C@]2(c3ccccc3)c3cc(Cl)ccc3N(C)C(SC)=CN12. The van der Waals surface area contributed by atoms with E-state index >= 15 is 0 Å². The maximum atomic E-state index is 13.4. The van der Waals surface area contributed by atoms with Crippen molar-refractivity contribution in [2.75, 3.05) is 29.8 Å². The third-order valence-corrected chi connectivity index (χ3v) is 7.50. The first-order valence-corrected chi connectivity index (χ1v) is 13.3. The average molecular weight is 519 g/mol. The van der Waals surface area contributed by atoms with Crippen molar-refractivity contribution >= 4 is 46.5 Å². The van der Waals surface area contributed by atoms with Gasteiger partial charge in [0, 0.05) is 35.1 Å². The van der Waals surface area contributed by atoms with Crippen LogP contribution in [0, 0.1) is 6.92 Å². The number of halogens is 1. The van der Waals surface area contributed by atoms with Crippen molar-refractivity contribution in [2.24, 2.45) is 5.10 Å². The van der Waals surface area contributed by atoms with Crippen LogP contribution in [0.1, 0.15) is 23.6 Å². The van der Waals surface area contributed by atoms with Crippen LogP contribution in [0.5, 0.6) is 0 Å². The maximum Gasteiger partial charge on any atom is 0.376 e. The Kier molecular flexibility index (Phi) is 6.45. The zero-order valence-electron chi connectivity index (χ0n) is 20.6. The lowest BCUT2D eigenvalue weighted by atomic mass is 9.87. The van der Waals surface area contributed by atoms with Gasteiger partial charge >= 0.3 is 5.97 Å². The molecule has 3 aromatic carbocycles. The third kappa shape index (κ3) is 3.74. The molecule has 0 fully saturated rings. The van der Waals surface area contributed by atoms with Crippen LogP contribution in [-0.4, -0.2) is 36.6 Å². The van der Waals surface area contributed by atoms with Crippen molar-refractivity contribution in [3.63, 3.8) is 0 Å². The van der Waals surface area contributed by atoms with Crippen molar-refractivity contribution in [3.8, 4) is 0 Å². The molecule has 6 nitrogen and oxygen atoms in total. The number of esters is 1. The molecule has 0 radical (unpaired) electrons.